The van der Waals surface area contributed by atoms with Crippen molar-refractivity contribution in [1.29, 1.82) is 0 Å². The van der Waals surface area contributed by atoms with E-state index >= 15 is 0 Å². The topological polar surface area (TPSA) is 78.3 Å². The maximum absolute atomic E-state index is 12.1. The van der Waals surface area contributed by atoms with Crippen LogP contribution >= 0.6 is 22.6 Å². The number of nitrogens with one attached hydrogen (secondary N) is 1. The zero-order valence-corrected chi connectivity index (χ0v) is 18.9. The highest BCUT2D eigenvalue weighted by atomic mass is 127. The average molecular weight is 526 g/mol. The van der Waals surface area contributed by atoms with E-state index in [0.29, 0.717) is 24.1 Å². The average Bonchev–Trinajstić information content (AvgIpc) is 3.25. The number of nitrogens with zero attached hydrogens (tertiary/aromatic N) is 3. The van der Waals surface area contributed by atoms with Gasteiger partial charge in [0.1, 0.15) is 12.9 Å². The summed E-state index contributed by atoms with van der Waals surface area (Å²) in [7, 11) is 1.62. The van der Waals surface area contributed by atoms with E-state index in [1.54, 1.807) is 11.8 Å². The smallest absolute Gasteiger partial charge is 0.229 e. The Morgan fingerprint density at radius 1 is 1.19 bits per heavy atom. The first-order chi connectivity index (χ1) is 15.1. The summed E-state index contributed by atoms with van der Waals surface area (Å²) in [4.78, 5) is 16.2. The first kappa shape index (κ1) is 19.8. The lowest BCUT2D eigenvalue weighted by Crippen LogP contribution is -2.29. The fourth-order valence-corrected chi connectivity index (χ4v) is 4.69. The molecule has 1 aliphatic heterocycles. The first-order valence-electron chi connectivity index (χ1n) is 9.80. The Kier molecular flexibility index (Phi) is 5.23. The summed E-state index contributed by atoms with van der Waals surface area (Å²) < 4.78 is 14.5. The third kappa shape index (κ3) is 3.71. The van der Waals surface area contributed by atoms with Gasteiger partial charge in [-0.2, -0.15) is 10.1 Å². The van der Waals surface area contributed by atoms with E-state index in [1.807, 2.05) is 30.3 Å². The van der Waals surface area contributed by atoms with Crippen molar-refractivity contribution < 1.29 is 14.3 Å². The van der Waals surface area contributed by atoms with Crippen LogP contribution in [0.4, 0.5) is 5.95 Å². The number of anilines is 1. The summed E-state index contributed by atoms with van der Waals surface area (Å²) in [6, 6.07) is 18.1. The highest BCUT2D eigenvalue weighted by Gasteiger charge is 2.29. The molecule has 5 rings (SSSR count). The van der Waals surface area contributed by atoms with Crippen LogP contribution in [0.5, 0.6) is 11.5 Å². The molecule has 0 saturated heterocycles. The van der Waals surface area contributed by atoms with Crippen LogP contribution in [0.25, 0.3) is 10.8 Å². The summed E-state index contributed by atoms with van der Waals surface area (Å²) >= 11 is 2.24. The standard InChI is InChI=1S/C23H19IN4O3/c1-30-20-10-16(19-11-21(29)27-23-25-13-26-28(19)23)9-18(24)22(20)31-12-15-7-4-6-14-5-2-3-8-17(14)15/h2-10,13,19H,11-12H2,1H3,(H,25,26,27,29)/t19-/m1/s1. The maximum atomic E-state index is 12.1. The normalized spacial score (nSPS) is 15.4. The first-order valence-corrected chi connectivity index (χ1v) is 10.9. The second-order valence-corrected chi connectivity index (χ2v) is 8.42. The maximum Gasteiger partial charge on any atom is 0.229 e. The van der Waals surface area contributed by atoms with Crippen molar-refractivity contribution in [3.63, 3.8) is 0 Å². The number of fused-ring (bicyclic) bond motifs is 2. The highest BCUT2D eigenvalue weighted by Crippen LogP contribution is 2.39. The van der Waals surface area contributed by atoms with Gasteiger partial charge in [0.05, 0.1) is 23.1 Å². The second-order valence-electron chi connectivity index (χ2n) is 7.26. The molecule has 7 nitrogen and oxygen atoms in total. The number of carbonyl (C=O) groups excluding carboxylic acids is 1. The number of methoxy groups -OCH3 is 1. The third-order valence-electron chi connectivity index (χ3n) is 5.39. The molecule has 3 aromatic carbocycles. The Balaban J connectivity index is 1.47. The molecule has 0 unspecified atom stereocenters. The zero-order valence-electron chi connectivity index (χ0n) is 16.7. The SMILES string of the molecule is COc1cc([C@H]2CC(=O)Nc3ncnn32)cc(I)c1OCc1cccc2ccccc12. The van der Waals surface area contributed by atoms with E-state index < -0.39 is 0 Å². The molecular formula is C23H19IN4O3. The van der Waals surface area contributed by atoms with Crippen molar-refractivity contribution in [3.8, 4) is 11.5 Å². The summed E-state index contributed by atoms with van der Waals surface area (Å²) in [6.45, 7) is 0.423. The van der Waals surface area contributed by atoms with Crippen molar-refractivity contribution in [2.75, 3.05) is 12.4 Å². The molecule has 1 aromatic heterocycles. The number of amides is 1. The number of rotatable bonds is 5. The molecule has 4 aromatic rings. The Bertz CT molecular complexity index is 1280. The quantitative estimate of drug-likeness (QED) is 0.386. The minimum Gasteiger partial charge on any atom is -0.493 e. The summed E-state index contributed by atoms with van der Waals surface area (Å²) in [5.74, 6) is 1.66. The van der Waals surface area contributed by atoms with Crippen LogP contribution < -0.4 is 14.8 Å². The van der Waals surface area contributed by atoms with Gasteiger partial charge in [-0.25, -0.2) is 4.68 Å². The molecule has 0 radical (unpaired) electrons. The molecule has 156 valence electrons. The molecule has 1 N–H and O–H groups in total. The molecule has 0 fully saturated rings. The van der Waals surface area contributed by atoms with Gasteiger partial charge in [0.15, 0.2) is 11.5 Å². The summed E-state index contributed by atoms with van der Waals surface area (Å²) in [5, 5.41) is 9.37. The van der Waals surface area contributed by atoms with E-state index in [0.717, 1.165) is 14.7 Å². The molecule has 1 amide bonds. The van der Waals surface area contributed by atoms with Crippen molar-refractivity contribution in [2.45, 2.75) is 19.1 Å². The van der Waals surface area contributed by atoms with Crippen LogP contribution in [0.2, 0.25) is 0 Å². The molecule has 0 spiro atoms. The van der Waals surface area contributed by atoms with Gasteiger partial charge in [0.25, 0.3) is 0 Å². The molecule has 8 heteroatoms. The predicted octanol–water partition coefficient (Wildman–Crippen LogP) is 4.56. The van der Waals surface area contributed by atoms with E-state index in [9.17, 15) is 4.79 Å². The van der Waals surface area contributed by atoms with E-state index in [1.165, 1.54) is 17.1 Å². The molecule has 31 heavy (non-hydrogen) atoms. The molecule has 1 atom stereocenters. The summed E-state index contributed by atoms with van der Waals surface area (Å²) in [5.41, 5.74) is 2.02. The zero-order chi connectivity index (χ0) is 21.4. The van der Waals surface area contributed by atoms with Crippen molar-refractivity contribution >= 4 is 45.2 Å². The number of hydrogen-bond acceptors (Lipinski definition) is 5. The van der Waals surface area contributed by atoms with Gasteiger partial charge in [-0.1, -0.05) is 42.5 Å². The van der Waals surface area contributed by atoms with Gasteiger partial charge >= 0.3 is 0 Å². The monoisotopic (exact) mass is 526 g/mol. The van der Waals surface area contributed by atoms with Crippen LogP contribution in [0, 0.1) is 3.57 Å². The number of hydrogen-bond donors (Lipinski definition) is 1. The van der Waals surface area contributed by atoms with Crippen LogP contribution in [-0.2, 0) is 11.4 Å². The number of halogens is 1. The van der Waals surface area contributed by atoms with Gasteiger partial charge < -0.3 is 9.47 Å². The fourth-order valence-electron chi connectivity index (χ4n) is 3.90. The Labute approximate surface area is 192 Å². The number of ether oxygens (including phenoxy) is 2. The Hall–Kier alpha value is -3.14. The second kappa shape index (κ2) is 8.18. The minimum atomic E-state index is -0.249. The molecule has 1 aliphatic rings. The molecule has 0 bridgehead atoms. The minimum absolute atomic E-state index is 0.0873. The number of benzene rings is 3. The van der Waals surface area contributed by atoms with E-state index in [4.69, 9.17) is 9.47 Å². The Morgan fingerprint density at radius 3 is 2.90 bits per heavy atom. The Morgan fingerprint density at radius 2 is 2.03 bits per heavy atom. The lowest BCUT2D eigenvalue weighted by atomic mass is 10.0. The molecule has 0 aliphatic carbocycles. The van der Waals surface area contributed by atoms with Crippen LogP contribution in [0.15, 0.2) is 60.9 Å². The van der Waals surface area contributed by atoms with Gasteiger partial charge in [-0.15, -0.1) is 0 Å². The van der Waals surface area contributed by atoms with Gasteiger partial charge in [0.2, 0.25) is 11.9 Å². The third-order valence-corrected chi connectivity index (χ3v) is 6.19. The van der Waals surface area contributed by atoms with E-state index in [-0.39, 0.29) is 18.4 Å². The van der Waals surface area contributed by atoms with Gasteiger partial charge in [-0.05, 0) is 56.6 Å². The number of carbonyl (C=O) groups is 1. The molecule has 2 heterocycles. The van der Waals surface area contributed by atoms with Crippen LogP contribution in [-0.4, -0.2) is 27.8 Å². The highest BCUT2D eigenvalue weighted by molar-refractivity contribution is 14.1. The van der Waals surface area contributed by atoms with Gasteiger partial charge in [0, 0.05) is 0 Å². The lowest BCUT2D eigenvalue weighted by Gasteiger charge is -2.25. The lowest BCUT2D eigenvalue weighted by molar-refractivity contribution is -0.117. The van der Waals surface area contributed by atoms with Gasteiger partial charge in [-0.3, -0.25) is 10.1 Å². The van der Waals surface area contributed by atoms with Crippen molar-refractivity contribution in [3.05, 3.63) is 75.6 Å². The summed E-state index contributed by atoms with van der Waals surface area (Å²) in [6.07, 6.45) is 1.73. The van der Waals surface area contributed by atoms with E-state index in [2.05, 4.69) is 62.3 Å². The molecular weight excluding hydrogens is 507 g/mol. The molecule has 0 saturated carbocycles. The van der Waals surface area contributed by atoms with Crippen molar-refractivity contribution in [2.24, 2.45) is 0 Å². The van der Waals surface area contributed by atoms with Crippen LogP contribution in [0.3, 0.4) is 0 Å². The van der Waals surface area contributed by atoms with Crippen LogP contribution in [0.1, 0.15) is 23.6 Å². The number of aromatic nitrogens is 3. The fraction of sp³-hybridized carbons (Fsp3) is 0.174. The largest absolute Gasteiger partial charge is 0.493 e. The predicted molar refractivity (Wildman–Crippen MR) is 125 cm³/mol. The van der Waals surface area contributed by atoms with Crippen molar-refractivity contribution in [1.82, 2.24) is 14.8 Å².